The fraction of sp³-hybridized carbons (Fsp3) is 0.889. The summed E-state index contributed by atoms with van der Waals surface area (Å²) in [5.74, 6) is 1.06. The van der Waals surface area contributed by atoms with Gasteiger partial charge >= 0.3 is 0 Å². The van der Waals surface area contributed by atoms with Crippen molar-refractivity contribution in [3.63, 3.8) is 0 Å². The highest BCUT2D eigenvalue weighted by Gasteiger charge is 2.38. The number of amides is 1. The second-order valence-corrected chi connectivity index (χ2v) is 3.54. The van der Waals surface area contributed by atoms with Gasteiger partial charge in [-0.3, -0.25) is 4.79 Å². The molecule has 1 saturated carbocycles. The average molecular weight is 171 g/mol. The second-order valence-electron chi connectivity index (χ2n) is 3.54. The zero-order valence-corrected chi connectivity index (χ0v) is 7.55. The summed E-state index contributed by atoms with van der Waals surface area (Å²) in [6.45, 7) is 3.02. The van der Waals surface area contributed by atoms with E-state index in [1.54, 1.807) is 0 Å². The van der Waals surface area contributed by atoms with Crippen molar-refractivity contribution in [3.8, 4) is 0 Å². The Morgan fingerprint density at radius 1 is 1.58 bits per heavy atom. The van der Waals surface area contributed by atoms with Crippen molar-refractivity contribution in [1.29, 1.82) is 0 Å². The Balaban J connectivity index is 1.96. The maximum Gasteiger partial charge on any atom is 0.223 e. The third kappa shape index (κ3) is 2.81. The van der Waals surface area contributed by atoms with Crippen LogP contribution < -0.4 is 5.32 Å². The first-order chi connectivity index (χ1) is 5.75. The molecular weight excluding hydrogens is 154 g/mol. The van der Waals surface area contributed by atoms with Gasteiger partial charge in [0.25, 0.3) is 0 Å². The van der Waals surface area contributed by atoms with Gasteiger partial charge in [-0.1, -0.05) is 6.92 Å². The summed E-state index contributed by atoms with van der Waals surface area (Å²) < 4.78 is 0. The highest BCUT2D eigenvalue weighted by molar-refractivity contribution is 5.81. The first kappa shape index (κ1) is 9.52. The molecule has 2 unspecified atom stereocenters. The third-order valence-corrected chi connectivity index (χ3v) is 2.33. The van der Waals surface area contributed by atoms with Crippen molar-refractivity contribution < 1.29 is 9.90 Å². The summed E-state index contributed by atoms with van der Waals surface area (Å²) in [5.41, 5.74) is 0. The van der Waals surface area contributed by atoms with Crippen LogP contribution in [0.3, 0.4) is 0 Å². The van der Waals surface area contributed by atoms with Gasteiger partial charge in [0.1, 0.15) is 0 Å². The molecule has 0 aliphatic heterocycles. The van der Waals surface area contributed by atoms with Crippen LogP contribution in [0.2, 0.25) is 0 Å². The zero-order chi connectivity index (χ0) is 8.97. The first-order valence-electron chi connectivity index (χ1n) is 4.64. The van der Waals surface area contributed by atoms with E-state index in [0.717, 1.165) is 19.3 Å². The summed E-state index contributed by atoms with van der Waals surface area (Å²) in [4.78, 5) is 11.2. The molecule has 0 heterocycles. The SMILES string of the molecule is CC1CC1C(=O)NCCCCO. The molecular formula is C9H17NO2. The van der Waals surface area contributed by atoms with Crippen LogP contribution in [0.1, 0.15) is 26.2 Å². The van der Waals surface area contributed by atoms with Crippen LogP contribution in [-0.2, 0) is 4.79 Å². The summed E-state index contributed by atoms with van der Waals surface area (Å²) in [7, 11) is 0. The number of carbonyl (C=O) groups is 1. The summed E-state index contributed by atoms with van der Waals surface area (Å²) in [6, 6.07) is 0. The van der Waals surface area contributed by atoms with Crippen LogP contribution in [-0.4, -0.2) is 24.2 Å². The fourth-order valence-corrected chi connectivity index (χ4v) is 1.27. The monoisotopic (exact) mass is 171 g/mol. The fourth-order valence-electron chi connectivity index (χ4n) is 1.27. The van der Waals surface area contributed by atoms with Crippen LogP contribution in [0.5, 0.6) is 0 Å². The van der Waals surface area contributed by atoms with E-state index >= 15 is 0 Å². The van der Waals surface area contributed by atoms with Gasteiger partial charge in [0.2, 0.25) is 5.91 Å². The lowest BCUT2D eigenvalue weighted by Gasteiger charge is -2.02. The van der Waals surface area contributed by atoms with E-state index in [1.807, 2.05) is 0 Å². The smallest absolute Gasteiger partial charge is 0.223 e. The molecule has 2 atom stereocenters. The molecule has 1 aliphatic rings. The number of hydrogen-bond donors (Lipinski definition) is 2. The van der Waals surface area contributed by atoms with Crippen LogP contribution in [0.25, 0.3) is 0 Å². The Kier molecular flexibility index (Phi) is 3.53. The number of nitrogens with one attached hydrogen (secondary N) is 1. The molecule has 1 aliphatic carbocycles. The highest BCUT2D eigenvalue weighted by Crippen LogP contribution is 2.37. The van der Waals surface area contributed by atoms with E-state index in [9.17, 15) is 4.79 Å². The summed E-state index contributed by atoms with van der Waals surface area (Å²) in [6.07, 6.45) is 2.70. The van der Waals surface area contributed by atoms with E-state index in [1.165, 1.54) is 0 Å². The molecule has 0 spiro atoms. The summed E-state index contributed by atoms with van der Waals surface area (Å²) in [5, 5.41) is 11.3. The molecule has 0 aromatic heterocycles. The molecule has 0 aromatic carbocycles. The Morgan fingerprint density at radius 2 is 2.25 bits per heavy atom. The van der Waals surface area contributed by atoms with Crippen molar-refractivity contribution in [3.05, 3.63) is 0 Å². The molecule has 0 saturated heterocycles. The molecule has 1 rings (SSSR count). The topological polar surface area (TPSA) is 49.3 Å². The summed E-state index contributed by atoms with van der Waals surface area (Å²) >= 11 is 0. The maximum absolute atomic E-state index is 11.2. The molecule has 0 bridgehead atoms. The molecule has 0 radical (unpaired) electrons. The molecule has 3 heteroatoms. The second kappa shape index (κ2) is 4.45. The minimum absolute atomic E-state index is 0.195. The first-order valence-corrected chi connectivity index (χ1v) is 4.64. The zero-order valence-electron chi connectivity index (χ0n) is 7.55. The predicted octanol–water partition coefficient (Wildman–Crippen LogP) is 0.531. The Hall–Kier alpha value is -0.570. The van der Waals surface area contributed by atoms with Gasteiger partial charge in [0.15, 0.2) is 0 Å². The number of hydrogen-bond acceptors (Lipinski definition) is 2. The lowest BCUT2D eigenvalue weighted by Crippen LogP contribution is -2.26. The van der Waals surface area contributed by atoms with Gasteiger partial charge in [0.05, 0.1) is 0 Å². The lowest BCUT2D eigenvalue weighted by molar-refractivity contribution is -0.122. The van der Waals surface area contributed by atoms with Crippen molar-refractivity contribution >= 4 is 5.91 Å². The number of rotatable bonds is 5. The number of aliphatic hydroxyl groups is 1. The lowest BCUT2D eigenvalue weighted by atomic mass is 10.3. The van der Waals surface area contributed by atoms with Crippen LogP contribution in [0.4, 0.5) is 0 Å². The highest BCUT2D eigenvalue weighted by atomic mass is 16.2. The third-order valence-electron chi connectivity index (χ3n) is 2.33. The van der Waals surface area contributed by atoms with Crippen molar-refractivity contribution in [2.75, 3.05) is 13.2 Å². The van der Waals surface area contributed by atoms with Gasteiger partial charge in [-0.2, -0.15) is 0 Å². The number of aliphatic hydroxyl groups excluding tert-OH is 1. The van der Waals surface area contributed by atoms with Crippen molar-refractivity contribution in [2.45, 2.75) is 26.2 Å². The van der Waals surface area contributed by atoms with Crippen molar-refractivity contribution in [2.24, 2.45) is 11.8 Å². The molecule has 0 aromatic rings. The van der Waals surface area contributed by atoms with Gasteiger partial charge in [-0.25, -0.2) is 0 Å². The Bertz CT molecular complexity index is 159. The van der Waals surface area contributed by atoms with E-state index in [-0.39, 0.29) is 18.4 Å². The predicted molar refractivity (Wildman–Crippen MR) is 46.6 cm³/mol. The van der Waals surface area contributed by atoms with Crippen LogP contribution in [0.15, 0.2) is 0 Å². The average Bonchev–Trinajstić information content (AvgIpc) is 2.76. The molecule has 2 N–H and O–H groups in total. The van der Waals surface area contributed by atoms with E-state index in [2.05, 4.69) is 12.2 Å². The van der Waals surface area contributed by atoms with Crippen molar-refractivity contribution in [1.82, 2.24) is 5.32 Å². The Morgan fingerprint density at radius 3 is 2.75 bits per heavy atom. The number of unbranched alkanes of at least 4 members (excludes halogenated alkanes) is 1. The quantitative estimate of drug-likeness (QED) is 0.593. The maximum atomic E-state index is 11.2. The molecule has 3 nitrogen and oxygen atoms in total. The molecule has 70 valence electrons. The van der Waals surface area contributed by atoms with Crippen LogP contribution >= 0.6 is 0 Å². The van der Waals surface area contributed by atoms with Gasteiger partial charge in [0, 0.05) is 19.1 Å². The van der Waals surface area contributed by atoms with Gasteiger partial charge in [-0.05, 0) is 25.2 Å². The minimum atomic E-state index is 0.195. The van der Waals surface area contributed by atoms with Gasteiger partial charge in [-0.15, -0.1) is 0 Å². The Labute approximate surface area is 73.2 Å². The minimum Gasteiger partial charge on any atom is -0.396 e. The normalized spacial score (nSPS) is 26.8. The number of carbonyl (C=O) groups excluding carboxylic acids is 1. The standard InChI is InChI=1S/C9H17NO2/c1-7-6-8(7)9(12)10-4-2-3-5-11/h7-8,11H,2-6H2,1H3,(H,10,12). The van der Waals surface area contributed by atoms with E-state index in [4.69, 9.17) is 5.11 Å². The molecule has 12 heavy (non-hydrogen) atoms. The van der Waals surface area contributed by atoms with E-state index in [0.29, 0.717) is 12.5 Å². The largest absolute Gasteiger partial charge is 0.396 e. The van der Waals surface area contributed by atoms with Gasteiger partial charge < -0.3 is 10.4 Å². The molecule has 1 fully saturated rings. The molecule has 1 amide bonds. The van der Waals surface area contributed by atoms with Crippen LogP contribution in [0, 0.1) is 11.8 Å². The van der Waals surface area contributed by atoms with E-state index < -0.39 is 0 Å².